The van der Waals surface area contributed by atoms with Gasteiger partial charge >= 0.3 is 0 Å². The number of nitrogens with zero attached hydrogens (tertiary/aromatic N) is 1. The lowest BCUT2D eigenvalue weighted by atomic mass is 10.1. The van der Waals surface area contributed by atoms with E-state index in [4.69, 9.17) is 17.3 Å². The third-order valence-corrected chi connectivity index (χ3v) is 3.42. The summed E-state index contributed by atoms with van der Waals surface area (Å²) in [5.74, 6) is -0.180. The number of benzene rings is 1. The monoisotopic (exact) mass is 254 g/mol. The fraction of sp³-hybridized carbons (Fsp3) is 0.417. The molecule has 1 aromatic rings. The third-order valence-electron chi connectivity index (χ3n) is 3.00. The normalized spacial score (nSPS) is 24.1. The standard InChI is InChI=1S/C12H15ClN2O2/c1-12(17)5-6-15(7-12)11(16)8-3-2-4-9(14)10(8)13/h2-4,17H,5-7,14H2,1H3. The van der Waals surface area contributed by atoms with Gasteiger partial charge in [-0.15, -0.1) is 0 Å². The third kappa shape index (κ3) is 2.37. The Morgan fingerprint density at radius 1 is 1.59 bits per heavy atom. The second-order valence-electron chi connectivity index (χ2n) is 4.68. The summed E-state index contributed by atoms with van der Waals surface area (Å²) in [6, 6.07) is 5.00. The molecule has 4 nitrogen and oxygen atoms in total. The lowest BCUT2D eigenvalue weighted by Gasteiger charge is -2.19. The second-order valence-corrected chi connectivity index (χ2v) is 5.06. The number of nitrogen functional groups attached to an aromatic ring is 1. The molecule has 2 rings (SSSR count). The van der Waals surface area contributed by atoms with E-state index in [0.717, 1.165) is 0 Å². The Morgan fingerprint density at radius 3 is 2.88 bits per heavy atom. The van der Waals surface area contributed by atoms with Gasteiger partial charge in [-0.1, -0.05) is 17.7 Å². The minimum atomic E-state index is -0.803. The molecular weight excluding hydrogens is 240 g/mol. The van der Waals surface area contributed by atoms with Crippen molar-refractivity contribution >= 4 is 23.2 Å². The van der Waals surface area contributed by atoms with E-state index in [9.17, 15) is 9.90 Å². The van der Waals surface area contributed by atoms with E-state index in [-0.39, 0.29) is 10.9 Å². The minimum absolute atomic E-state index is 0.180. The first kappa shape index (κ1) is 12.2. The fourth-order valence-corrected chi connectivity index (χ4v) is 2.21. The number of carbonyl (C=O) groups excluding carboxylic acids is 1. The Hall–Kier alpha value is -1.26. The summed E-state index contributed by atoms with van der Waals surface area (Å²) < 4.78 is 0. The Kier molecular flexibility index (Phi) is 3.02. The van der Waals surface area contributed by atoms with Gasteiger partial charge in [0.25, 0.3) is 5.91 Å². The summed E-state index contributed by atoms with van der Waals surface area (Å²) in [5, 5.41) is 10.1. The van der Waals surface area contributed by atoms with Crippen LogP contribution in [0.4, 0.5) is 5.69 Å². The lowest BCUT2D eigenvalue weighted by Crippen LogP contribution is -2.34. The number of carbonyl (C=O) groups is 1. The number of amides is 1. The Balaban J connectivity index is 2.24. The molecule has 0 spiro atoms. The molecule has 1 aliphatic rings. The van der Waals surface area contributed by atoms with Gasteiger partial charge < -0.3 is 15.7 Å². The van der Waals surface area contributed by atoms with Crippen molar-refractivity contribution in [2.75, 3.05) is 18.8 Å². The zero-order valence-corrected chi connectivity index (χ0v) is 10.4. The highest BCUT2D eigenvalue weighted by Gasteiger charge is 2.34. The molecule has 1 atom stereocenters. The number of nitrogens with two attached hydrogens (primary N) is 1. The van der Waals surface area contributed by atoms with Crippen LogP contribution in [0.15, 0.2) is 18.2 Å². The van der Waals surface area contributed by atoms with Crippen LogP contribution in [0.1, 0.15) is 23.7 Å². The highest BCUT2D eigenvalue weighted by molar-refractivity contribution is 6.36. The van der Waals surface area contributed by atoms with Crippen LogP contribution < -0.4 is 5.73 Å². The molecule has 92 valence electrons. The lowest BCUT2D eigenvalue weighted by molar-refractivity contribution is 0.0572. The van der Waals surface area contributed by atoms with Crippen molar-refractivity contribution in [3.63, 3.8) is 0 Å². The number of halogens is 1. The number of β-amino-alcohol motifs (C(OH)–C–C–N with tert-alkyl or cyclic N) is 1. The van der Waals surface area contributed by atoms with Gasteiger partial charge in [0.2, 0.25) is 0 Å². The average molecular weight is 255 g/mol. The average Bonchev–Trinajstić information content (AvgIpc) is 2.62. The van der Waals surface area contributed by atoms with Crippen molar-refractivity contribution in [3.8, 4) is 0 Å². The van der Waals surface area contributed by atoms with Gasteiger partial charge in [0.05, 0.1) is 21.9 Å². The minimum Gasteiger partial charge on any atom is -0.398 e. The molecule has 1 saturated heterocycles. The Morgan fingerprint density at radius 2 is 2.29 bits per heavy atom. The Labute approximate surface area is 105 Å². The maximum Gasteiger partial charge on any atom is 0.255 e. The largest absolute Gasteiger partial charge is 0.398 e. The maximum absolute atomic E-state index is 12.2. The van der Waals surface area contributed by atoms with Crippen molar-refractivity contribution in [2.45, 2.75) is 18.9 Å². The molecule has 1 heterocycles. The van der Waals surface area contributed by atoms with Crippen LogP contribution >= 0.6 is 11.6 Å². The first-order valence-corrected chi connectivity index (χ1v) is 5.84. The molecule has 3 N–H and O–H groups in total. The summed E-state index contributed by atoms with van der Waals surface area (Å²) in [6.07, 6.45) is 0.582. The van der Waals surface area contributed by atoms with Gasteiger partial charge in [0, 0.05) is 13.1 Å². The topological polar surface area (TPSA) is 66.6 Å². The zero-order valence-electron chi connectivity index (χ0n) is 9.61. The van der Waals surface area contributed by atoms with Gasteiger partial charge in [0.15, 0.2) is 0 Å². The van der Waals surface area contributed by atoms with Crippen LogP contribution in [-0.2, 0) is 0 Å². The van der Waals surface area contributed by atoms with Crippen LogP contribution in [0, 0.1) is 0 Å². The van der Waals surface area contributed by atoms with Crippen LogP contribution in [0.2, 0.25) is 5.02 Å². The molecule has 1 amide bonds. The van der Waals surface area contributed by atoms with Gasteiger partial charge in [-0.2, -0.15) is 0 Å². The molecule has 0 saturated carbocycles. The first-order chi connectivity index (χ1) is 7.91. The number of likely N-dealkylation sites (tertiary alicyclic amines) is 1. The summed E-state index contributed by atoms with van der Waals surface area (Å²) >= 11 is 6.00. The number of rotatable bonds is 1. The van der Waals surface area contributed by atoms with Crippen LogP contribution in [0.25, 0.3) is 0 Å². The molecule has 1 unspecified atom stereocenters. The van der Waals surface area contributed by atoms with Gasteiger partial charge in [-0.25, -0.2) is 0 Å². The molecular formula is C12H15ClN2O2. The second kappa shape index (κ2) is 4.20. The van der Waals surface area contributed by atoms with Crippen molar-refractivity contribution in [2.24, 2.45) is 0 Å². The van der Waals surface area contributed by atoms with E-state index in [0.29, 0.717) is 30.8 Å². The first-order valence-electron chi connectivity index (χ1n) is 5.46. The van der Waals surface area contributed by atoms with E-state index in [2.05, 4.69) is 0 Å². The summed E-state index contributed by atoms with van der Waals surface area (Å²) in [7, 11) is 0. The molecule has 1 aromatic carbocycles. The van der Waals surface area contributed by atoms with E-state index >= 15 is 0 Å². The zero-order chi connectivity index (χ0) is 12.6. The molecule has 0 aliphatic carbocycles. The van der Waals surface area contributed by atoms with Gasteiger partial charge in [0.1, 0.15) is 0 Å². The number of anilines is 1. The van der Waals surface area contributed by atoms with E-state index in [1.54, 1.807) is 30.0 Å². The quantitative estimate of drug-likeness (QED) is 0.747. The number of hydrogen-bond donors (Lipinski definition) is 2. The highest BCUT2D eigenvalue weighted by atomic mass is 35.5. The molecule has 1 fully saturated rings. The summed E-state index contributed by atoms with van der Waals surface area (Å²) in [5.41, 5.74) is 5.64. The van der Waals surface area contributed by atoms with Crippen LogP contribution in [0.3, 0.4) is 0 Å². The summed E-state index contributed by atoms with van der Waals surface area (Å²) in [4.78, 5) is 13.8. The van der Waals surface area contributed by atoms with Gasteiger partial charge in [-0.05, 0) is 25.5 Å². The van der Waals surface area contributed by atoms with E-state index in [1.165, 1.54) is 0 Å². The molecule has 1 aliphatic heterocycles. The van der Waals surface area contributed by atoms with Crippen molar-refractivity contribution in [1.29, 1.82) is 0 Å². The van der Waals surface area contributed by atoms with E-state index in [1.807, 2.05) is 0 Å². The molecule has 17 heavy (non-hydrogen) atoms. The Bertz CT molecular complexity index is 460. The van der Waals surface area contributed by atoms with Crippen LogP contribution in [0.5, 0.6) is 0 Å². The highest BCUT2D eigenvalue weighted by Crippen LogP contribution is 2.27. The predicted molar refractivity (Wildman–Crippen MR) is 67.0 cm³/mol. The smallest absolute Gasteiger partial charge is 0.255 e. The van der Waals surface area contributed by atoms with Crippen molar-refractivity contribution in [3.05, 3.63) is 28.8 Å². The molecule has 0 aromatic heterocycles. The number of hydrogen-bond acceptors (Lipinski definition) is 3. The molecule has 0 bridgehead atoms. The SMILES string of the molecule is CC1(O)CCN(C(=O)c2cccc(N)c2Cl)C1. The summed E-state index contributed by atoms with van der Waals surface area (Å²) in [6.45, 7) is 2.59. The van der Waals surface area contributed by atoms with Crippen LogP contribution in [-0.4, -0.2) is 34.6 Å². The van der Waals surface area contributed by atoms with Gasteiger partial charge in [-0.3, -0.25) is 4.79 Å². The van der Waals surface area contributed by atoms with Crippen molar-refractivity contribution < 1.29 is 9.90 Å². The van der Waals surface area contributed by atoms with Crippen molar-refractivity contribution in [1.82, 2.24) is 4.90 Å². The van der Waals surface area contributed by atoms with E-state index < -0.39 is 5.60 Å². The number of aliphatic hydroxyl groups is 1. The predicted octanol–water partition coefficient (Wildman–Crippen LogP) is 1.52. The molecule has 5 heteroatoms. The fourth-order valence-electron chi connectivity index (χ4n) is 2.00. The maximum atomic E-state index is 12.2. The molecule has 0 radical (unpaired) electrons.